The molecule has 3 heterocycles. The zero-order valence-electron chi connectivity index (χ0n) is 41.8. The predicted octanol–water partition coefficient (Wildman–Crippen LogP) is 2.48. The Labute approximate surface area is 411 Å². The maximum atomic E-state index is 13.1. The maximum absolute atomic E-state index is 13.1. The van der Waals surface area contributed by atoms with Crippen molar-refractivity contribution in [2.45, 2.75) is 285 Å². The second kappa shape index (κ2) is 35.9. The van der Waals surface area contributed by atoms with Crippen molar-refractivity contribution in [3.8, 4) is 0 Å². The highest BCUT2D eigenvalue weighted by molar-refractivity contribution is 5.76. The first-order valence-electron chi connectivity index (χ1n) is 26.8. The van der Waals surface area contributed by atoms with Gasteiger partial charge in [0.25, 0.3) is 0 Å². The van der Waals surface area contributed by atoms with Crippen LogP contribution in [0.5, 0.6) is 0 Å². The Morgan fingerprint density at radius 2 is 0.826 bits per heavy atom. The molecule has 19 nitrogen and oxygen atoms in total. The minimum absolute atomic E-state index is 0.255. The number of aliphatic hydroxyl groups excluding tert-OH is 11. The highest BCUT2D eigenvalue weighted by Crippen LogP contribution is 2.33. The zero-order valence-corrected chi connectivity index (χ0v) is 41.8. The van der Waals surface area contributed by atoms with Crippen molar-refractivity contribution in [3.63, 3.8) is 0 Å². The van der Waals surface area contributed by atoms with E-state index in [4.69, 9.17) is 28.4 Å². The van der Waals surface area contributed by atoms with Crippen LogP contribution >= 0.6 is 0 Å². The molecule has 3 rings (SSSR count). The van der Waals surface area contributed by atoms with Gasteiger partial charge in [0.2, 0.25) is 5.91 Å². The number of carbonyl (C=O) groups is 1. The molecular formula is C50H95NO18. The normalized spacial score (nSPS) is 32.8. The highest BCUT2D eigenvalue weighted by atomic mass is 16.8. The number of unbranched alkanes of at least 4 members (excludes halogenated alkanes) is 22. The van der Waals surface area contributed by atoms with Gasteiger partial charge in [0.05, 0.1) is 38.6 Å². The molecule has 0 aromatic rings. The fourth-order valence-electron chi connectivity index (χ4n) is 9.43. The molecule has 3 aliphatic heterocycles. The van der Waals surface area contributed by atoms with E-state index in [1.165, 1.54) is 96.3 Å². The molecule has 0 spiro atoms. The smallest absolute Gasteiger partial charge is 0.220 e. The molecule has 19 heteroatoms. The van der Waals surface area contributed by atoms with Gasteiger partial charge in [-0.25, -0.2) is 0 Å². The summed E-state index contributed by atoms with van der Waals surface area (Å²) in [4.78, 5) is 13.1. The van der Waals surface area contributed by atoms with Crippen LogP contribution in [-0.4, -0.2) is 193 Å². The summed E-state index contributed by atoms with van der Waals surface area (Å²) < 4.78 is 34.1. The lowest BCUT2D eigenvalue weighted by Crippen LogP contribution is -2.66. The van der Waals surface area contributed by atoms with Gasteiger partial charge >= 0.3 is 0 Å². The second-order valence-corrected chi connectivity index (χ2v) is 19.7. The van der Waals surface area contributed by atoms with Crippen LogP contribution in [0, 0.1) is 0 Å². The van der Waals surface area contributed by atoms with Crippen LogP contribution in [0.2, 0.25) is 0 Å². The summed E-state index contributed by atoms with van der Waals surface area (Å²) >= 11 is 0. The lowest BCUT2D eigenvalue weighted by Gasteiger charge is -2.48. The minimum atomic E-state index is -1.97. The summed E-state index contributed by atoms with van der Waals surface area (Å²) in [6, 6.07) is -0.876. The average Bonchev–Trinajstić information content (AvgIpc) is 3.34. The van der Waals surface area contributed by atoms with Crippen molar-refractivity contribution >= 4 is 5.91 Å². The Kier molecular flexibility index (Phi) is 32.3. The summed E-state index contributed by atoms with van der Waals surface area (Å²) in [5, 5.41) is 119. The number of nitrogens with one attached hydrogen (secondary N) is 1. The highest BCUT2D eigenvalue weighted by Gasteiger charge is 2.53. The monoisotopic (exact) mass is 998 g/mol. The molecule has 12 N–H and O–H groups in total. The van der Waals surface area contributed by atoms with Crippen LogP contribution in [0.4, 0.5) is 0 Å². The molecule has 408 valence electrons. The first-order chi connectivity index (χ1) is 33.3. The molecule has 17 unspecified atom stereocenters. The van der Waals surface area contributed by atoms with E-state index >= 15 is 0 Å². The molecule has 3 aliphatic rings. The van der Waals surface area contributed by atoms with E-state index in [-0.39, 0.29) is 18.9 Å². The summed E-state index contributed by atoms with van der Waals surface area (Å²) in [7, 11) is 0. The maximum Gasteiger partial charge on any atom is 0.220 e. The molecule has 69 heavy (non-hydrogen) atoms. The molecule has 3 fully saturated rings. The van der Waals surface area contributed by atoms with Crippen LogP contribution in [0.3, 0.4) is 0 Å². The molecule has 0 aromatic heterocycles. The van der Waals surface area contributed by atoms with E-state index in [1.54, 1.807) is 0 Å². The predicted molar refractivity (Wildman–Crippen MR) is 254 cm³/mol. The first kappa shape index (κ1) is 62.1. The Hall–Kier alpha value is -1.21. The van der Waals surface area contributed by atoms with Crippen molar-refractivity contribution in [2.75, 3.05) is 26.4 Å². The molecule has 0 radical (unpaired) electrons. The fourth-order valence-corrected chi connectivity index (χ4v) is 9.43. The number of rotatable bonds is 38. The van der Waals surface area contributed by atoms with Crippen molar-refractivity contribution in [1.29, 1.82) is 0 Å². The number of amides is 1. The molecular weight excluding hydrogens is 903 g/mol. The van der Waals surface area contributed by atoms with Crippen molar-refractivity contribution < 1.29 is 89.4 Å². The van der Waals surface area contributed by atoms with Crippen LogP contribution in [-0.2, 0) is 33.2 Å². The van der Waals surface area contributed by atoms with Gasteiger partial charge < -0.3 is 89.9 Å². The van der Waals surface area contributed by atoms with Crippen LogP contribution < -0.4 is 5.32 Å². The Balaban J connectivity index is 1.47. The number of hydrogen-bond acceptors (Lipinski definition) is 18. The van der Waals surface area contributed by atoms with Gasteiger partial charge in [-0.1, -0.05) is 162 Å². The third-order valence-electron chi connectivity index (χ3n) is 13.9. The van der Waals surface area contributed by atoms with Crippen LogP contribution in [0.25, 0.3) is 0 Å². The van der Waals surface area contributed by atoms with Gasteiger partial charge in [-0.15, -0.1) is 0 Å². The summed E-state index contributed by atoms with van der Waals surface area (Å²) in [5.41, 5.74) is 0. The second-order valence-electron chi connectivity index (χ2n) is 19.7. The summed E-state index contributed by atoms with van der Waals surface area (Å²) in [6.45, 7) is 1.68. The third-order valence-corrected chi connectivity index (χ3v) is 13.9. The summed E-state index contributed by atoms with van der Waals surface area (Å²) in [5.74, 6) is -0.255. The largest absolute Gasteiger partial charge is 0.394 e. The number of carbonyl (C=O) groups excluding carboxylic acids is 1. The van der Waals surface area contributed by atoms with Gasteiger partial charge in [-0.3, -0.25) is 4.79 Å². The molecule has 0 aliphatic carbocycles. The van der Waals surface area contributed by atoms with E-state index in [0.717, 1.165) is 51.4 Å². The van der Waals surface area contributed by atoms with E-state index in [0.29, 0.717) is 12.8 Å². The van der Waals surface area contributed by atoms with Gasteiger partial charge in [0.1, 0.15) is 73.2 Å². The third kappa shape index (κ3) is 21.7. The van der Waals surface area contributed by atoms with Crippen molar-refractivity contribution in [1.82, 2.24) is 5.32 Å². The summed E-state index contributed by atoms with van der Waals surface area (Å²) in [6.07, 6.45) is 2.70. The van der Waals surface area contributed by atoms with Gasteiger partial charge in [-0.05, 0) is 12.8 Å². The Bertz CT molecular complexity index is 1290. The van der Waals surface area contributed by atoms with Gasteiger partial charge in [-0.2, -0.15) is 0 Å². The molecule has 0 aromatic carbocycles. The minimum Gasteiger partial charge on any atom is -0.394 e. The molecule has 0 bridgehead atoms. The number of hydrogen-bond donors (Lipinski definition) is 12. The number of aliphatic hydroxyl groups is 11. The lowest BCUT2D eigenvalue weighted by atomic mass is 9.96. The molecule has 0 saturated carbocycles. The van der Waals surface area contributed by atoms with E-state index in [2.05, 4.69) is 19.2 Å². The Morgan fingerprint density at radius 1 is 0.464 bits per heavy atom. The van der Waals surface area contributed by atoms with Crippen LogP contribution in [0.1, 0.15) is 181 Å². The van der Waals surface area contributed by atoms with E-state index in [1.807, 2.05) is 0 Å². The molecule has 17 atom stereocenters. The topological polar surface area (TPSA) is 307 Å². The lowest BCUT2D eigenvalue weighted by molar-refractivity contribution is -0.379. The van der Waals surface area contributed by atoms with Gasteiger partial charge in [0, 0.05) is 6.42 Å². The standard InChI is InChI=1S/C50H95NO18/c1-3-5-7-9-10-11-12-13-14-15-16-17-18-19-20-21-22-24-25-27-34(55)33(51-38(56)28-26-23-8-6-4-2)32-64-48-44(62)41(59)46(36(30-53)66-48)69-50-45(63)42(60)47(37(31-54)67-50)68-49-43(61)40(58)39(57)35(29-52)65-49/h33-37,39-50,52-55,57-63H,3-32H2,1-2H3,(H,51,56). The van der Waals surface area contributed by atoms with Crippen molar-refractivity contribution in [2.24, 2.45) is 0 Å². The fraction of sp³-hybridized carbons (Fsp3) is 0.980. The zero-order chi connectivity index (χ0) is 50.6. The average molecular weight is 998 g/mol. The van der Waals surface area contributed by atoms with Crippen molar-refractivity contribution in [3.05, 3.63) is 0 Å². The quantitative estimate of drug-likeness (QED) is 0.0396. The number of ether oxygens (including phenoxy) is 6. The van der Waals surface area contributed by atoms with E-state index < -0.39 is 124 Å². The van der Waals surface area contributed by atoms with Crippen LogP contribution in [0.15, 0.2) is 0 Å². The van der Waals surface area contributed by atoms with E-state index in [9.17, 15) is 61.0 Å². The van der Waals surface area contributed by atoms with Gasteiger partial charge in [0.15, 0.2) is 18.9 Å². The molecule has 1 amide bonds. The Morgan fingerprint density at radius 3 is 1.26 bits per heavy atom. The SMILES string of the molecule is CCCCCCCCCCCCCCCCCCCCCC(O)C(COC1OC(CO)C(OC2OC(CO)C(OC3OC(CO)C(O)C(O)C3O)C(O)C2O)C(O)C1O)NC(=O)CCCCCCC. The molecule has 3 saturated heterocycles. The first-order valence-corrected chi connectivity index (χ1v) is 26.8.